The molecule has 0 aromatic heterocycles. The van der Waals surface area contributed by atoms with Gasteiger partial charge in [-0.05, 0) is 42.7 Å². The largest absolute Gasteiger partial charge is 0.339 e. The molecule has 31 heavy (non-hydrogen) atoms. The Labute approximate surface area is 187 Å². The van der Waals surface area contributed by atoms with Crippen LogP contribution in [-0.4, -0.2) is 54.3 Å². The van der Waals surface area contributed by atoms with E-state index < -0.39 is 5.41 Å². The molecule has 0 radical (unpaired) electrons. The van der Waals surface area contributed by atoms with Crippen molar-refractivity contribution in [3.63, 3.8) is 0 Å². The van der Waals surface area contributed by atoms with Crippen LogP contribution < -0.4 is 5.32 Å². The Morgan fingerprint density at radius 2 is 1.71 bits per heavy atom. The number of hydrogen-bond donors (Lipinski definition) is 1. The van der Waals surface area contributed by atoms with E-state index >= 15 is 0 Å². The van der Waals surface area contributed by atoms with Gasteiger partial charge in [-0.15, -0.1) is 0 Å². The third kappa shape index (κ3) is 4.75. The van der Waals surface area contributed by atoms with Crippen molar-refractivity contribution in [2.45, 2.75) is 31.1 Å². The van der Waals surface area contributed by atoms with Crippen molar-refractivity contribution in [2.24, 2.45) is 0 Å². The van der Waals surface area contributed by atoms with Crippen LogP contribution in [0.1, 0.15) is 31.2 Å². The van der Waals surface area contributed by atoms with Gasteiger partial charge < -0.3 is 10.2 Å². The van der Waals surface area contributed by atoms with E-state index in [1.165, 1.54) is 12.1 Å². The molecular formula is C24H27ClFN3O2. The number of piperazine rings is 1. The first kappa shape index (κ1) is 21.8. The molecule has 2 aromatic rings. The molecule has 0 unspecified atom stereocenters. The molecule has 1 N–H and O–H groups in total. The number of hydrogen-bond acceptors (Lipinski definition) is 3. The normalized spacial score (nSPS) is 18.7. The van der Waals surface area contributed by atoms with Gasteiger partial charge in [0, 0.05) is 26.2 Å². The summed E-state index contributed by atoms with van der Waals surface area (Å²) in [5, 5.41) is 3.35. The lowest BCUT2D eigenvalue weighted by Crippen LogP contribution is -2.55. The first-order valence-electron chi connectivity index (χ1n) is 10.8. The van der Waals surface area contributed by atoms with Crippen molar-refractivity contribution in [1.82, 2.24) is 9.80 Å². The van der Waals surface area contributed by atoms with Crippen LogP contribution in [0.2, 0.25) is 5.02 Å². The highest BCUT2D eigenvalue weighted by atomic mass is 35.5. The molecule has 1 saturated heterocycles. The lowest BCUT2D eigenvalue weighted by Gasteiger charge is -2.40. The first-order valence-corrected chi connectivity index (χ1v) is 11.2. The highest BCUT2D eigenvalue weighted by Gasteiger charge is 2.45. The molecule has 4 rings (SSSR count). The van der Waals surface area contributed by atoms with Crippen LogP contribution in [0.5, 0.6) is 0 Å². The maximum absolute atomic E-state index is 13.9. The Hall–Kier alpha value is -2.44. The lowest BCUT2D eigenvalue weighted by molar-refractivity contribution is -0.139. The number of carbonyl (C=O) groups is 2. The third-order valence-electron chi connectivity index (χ3n) is 6.42. The van der Waals surface area contributed by atoms with E-state index in [0.717, 1.165) is 31.2 Å². The lowest BCUT2D eigenvalue weighted by atomic mass is 9.77. The van der Waals surface area contributed by atoms with Crippen LogP contribution in [0.25, 0.3) is 0 Å². The average molecular weight is 444 g/mol. The summed E-state index contributed by atoms with van der Waals surface area (Å²) in [6.07, 6.45) is 3.47. The summed E-state index contributed by atoms with van der Waals surface area (Å²) in [5.41, 5.74) is 0.768. The van der Waals surface area contributed by atoms with Gasteiger partial charge in [-0.25, -0.2) is 4.39 Å². The zero-order valence-corrected chi connectivity index (χ0v) is 18.2. The van der Waals surface area contributed by atoms with Gasteiger partial charge in [0.25, 0.3) is 0 Å². The fourth-order valence-corrected chi connectivity index (χ4v) is 4.94. The molecule has 2 aromatic carbocycles. The highest BCUT2D eigenvalue weighted by molar-refractivity contribution is 6.33. The molecule has 2 fully saturated rings. The van der Waals surface area contributed by atoms with E-state index in [1.807, 2.05) is 28.0 Å². The van der Waals surface area contributed by atoms with Crippen molar-refractivity contribution < 1.29 is 14.0 Å². The molecule has 2 amide bonds. The van der Waals surface area contributed by atoms with Gasteiger partial charge >= 0.3 is 0 Å². The summed E-state index contributed by atoms with van der Waals surface area (Å²) < 4.78 is 13.9. The zero-order chi connectivity index (χ0) is 21.8. The number of nitrogens with one attached hydrogen (secondary N) is 1. The van der Waals surface area contributed by atoms with Gasteiger partial charge in [0.1, 0.15) is 5.82 Å². The molecule has 0 atom stereocenters. The Balaban J connectivity index is 1.36. The molecule has 1 heterocycles. The predicted molar refractivity (Wildman–Crippen MR) is 120 cm³/mol. The number of halogens is 2. The van der Waals surface area contributed by atoms with Crippen molar-refractivity contribution in [1.29, 1.82) is 0 Å². The molecule has 1 aliphatic heterocycles. The number of rotatable bonds is 5. The second kappa shape index (κ2) is 9.37. The second-order valence-corrected chi connectivity index (χ2v) is 8.80. The Kier molecular flexibility index (Phi) is 6.58. The van der Waals surface area contributed by atoms with E-state index in [0.29, 0.717) is 36.9 Å². The molecular weight excluding hydrogens is 417 g/mol. The van der Waals surface area contributed by atoms with E-state index in [9.17, 15) is 14.0 Å². The van der Waals surface area contributed by atoms with Gasteiger partial charge in [-0.1, -0.05) is 48.7 Å². The van der Waals surface area contributed by atoms with E-state index in [4.69, 9.17) is 11.6 Å². The van der Waals surface area contributed by atoms with Crippen molar-refractivity contribution >= 4 is 29.1 Å². The summed E-state index contributed by atoms with van der Waals surface area (Å²) in [6, 6.07) is 13.6. The molecule has 164 valence electrons. The molecule has 1 saturated carbocycles. The van der Waals surface area contributed by atoms with E-state index in [1.54, 1.807) is 18.2 Å². The minimum absolute atomic E-state index is 0.0933. The fraction of sp³-hybridized carbons (Fsp3) is 0.417. The number of nitrogens with zero attached hydrogens (tertiary/aromatic N) is 2. The number of amides is 2. The molecule has 5 nitrogen and oxygen atoms in total. The smallest absolute Gasteiger partial charge is 0.238 e. The fourth-order valence-electron chi connectivity index (χ4n) is 4.76. The molecule has 1 aliphatic carbocycles. The number of para-hydroxylation sites is 1. The monoisotopic (exact) mass is 443 g/mol. The van der Waals surface area contributed by atoms with Gasteiger partial charge in [-0.3, -0.25) is 14.5 Å². The SMILES string of the molecule is O=C(CN1CCN(C(=O)C2(c3cccc(F)c3)CCCC2)CC1)Nc1ccccc1Cl. The highest BCUT2D eigenvalue weighted by Crippen LogP contribution is 2.43. The van der Waals surface area contributed by atoms with Crippen molar-refractivity contribution in [3.05, 3.63) is 64.9 Å². The quantitative estimate of drug-likeness (QED) is 0.757. The summed E-state index contributed by atoms with van der Waals surface area (Å²) in [4.78, 5) is 29.9. The van der Waals surface area contributed by atoms with Crippen molar-refractivity contribution in [2.75, 3.05) is 38.0 Å². The van der Waals surface area contributed by atoms with Gasteiger partial charge in [0.15, 0.2) is 0 Å². The third-order valence-corrected chi connectivity index (χ3v) is 6.75. The maximum Gasteiger partial charge on any atom is 0.238 e. The van der Waals surface area contributed by atoms with Crippen LogP contribution in [0.4, 0.5) is 10.1 Å². The summed E-state index contributed by atoms with van der Waals surface area (Å²) in [5.74, 6) is -0.332. The maximum atomic E-state index is 13.9. The first-order chi connectivity index (χ1) is 15.0. The standard InChI is InChI=1S/C24H27ClFN3O2/c25-20-8-1-2-9-21(20)27-22(30)17-28-12-14-29(15-13-28)23(31)24(10-3-4-11-24)18-6-5-7-19(26)16-18/h1-2,5-9,16H,3-4,10-15,17H2,(H,27,30). The van der Waals surface area contributed by atoms with Crippen molar-refractivity contribution in [3.8, 4) is 0 Å². The Morgan fingerprint density at radius 3 is 2.39 bits per heavy atom. The van der Waals surface area contributed by atoms with Gasteiger partial charge in [0.2, 0.25) is 11.8 Å². The number of benzene rings is 2. The van der Waals surface area contributed by atoms with Gasteiger partial charge in [-0.2, -0.15) is 0 Å². The van der Waals surface area contributed by atoms with E-state index in [-0.39, 0.29) is 24.2 Å². The van der Waals surface area contributed by atoms with Crippen LogP contribution in [0.15, 0.2) is 48.5 Å². The number of carbonyl (C=O) groups excluding carboxylic acids is 2. The summed E-state index contributed by atoms with van der Waals surface area (Å²) in [6.45, 7) is 2.63. The number of anilines is 1. The zero-order valence-electron chi connectivity index (χ0n) is 17.4. The van der Waals surface area contributed by atoms with Crippen LogP contribution in [-0.2, 0) is 15.0 Å². The topological polar surface area (TPSA) is 52.7 Å². The Morgan fingerprint density at radius 1 is 1.00 bits per heavy atom. The van der Waals surface area contributed by atoms with E-state index in [2.05, 4.69) is 5.32 Å². The molecule has 0 bridgehead atoms. The molecule has 0 spiro atoms. The molecule has 7 heteroatoms. The minimum Gasteiger partial charge on any atom is -0.339 e. The summed E-state index contributed by atoms with van der Waals surface area (Å²) in [7, 11) is 0. The average Bonchev–Trinajstić information content (AvgIpc) is 3.27. The second-order valence-electron chi connectivity index (χ2n) is 8.40. The molecule has 2 aliphatic rings. The summed E-state index contributed by atoms with van der Waals surface area (Å²) >= 11 is 6.10. The van der Waals surface area contributed by atoms with Gasteiger partial charge in [0.05, 0.1) is 22.7 Å². The van der Waals surface area contributed by atoms with Crippen LogP contribution >= 0.6 is 11.6 Å². The minimum atomic E-state index is -0.619. The Bertz CT molecular complexity index is 953. The van der Waals surface area contributed by atoms with Crippen LogP contribution in [0.3, 0.4) is 0 Å². The van der Waals surface area contributed by atoms with Crippen LogP contribution in [0, 0.1) is 5.82 Å². The predicted octanol–water partition coefficient (Wildman–Crippen LogP) is 4.07.